The van der Waals surface area contributed by atoms with Crippen LogP contribution in [0.1, 0.15) is 0 Å². The highest BCUT2D eigenvalue weighted by Crippen LogP contribution is 2.44. The summed E-state index contributed by atoms with van der Waals surface area (Å²) < 4.78 is 7.30. The molecule has 0 amide bonds. The molecule has 0 aliphatic heterocycles. The lowest BCUT2D eigenvalue weighted by Gasteiger charge is -2.15. The Morgan fingerprint density at radius 2 is 0.684 bits per heavy atom. The second kappa shape index (κ2) is 12.5. The molecule has 57 heavy (non-hydrogen) atoms. The summed E-state index contributed by atoms with van der Waals surface area (Å²) in [4.78, 5) is 0. The third kappa shape index (κ3) is 4.73. The van der Waals surface area contributed by atoms with Crippen LogP contribution in [0.3, 0.4) is 0 Å². The molecule has 0 fully saturated rings. The van der Waals surface area contributed by atoms with Crippen LogP contribution in [0.15, 0.2) is 212 Å². The first-order valence-corrected chi connectivity index (χ1v) is 19.6. The predicted molar refractivity (Wildman–Crippen MR) is 240 cm³/mol. The van der Waals surface area contributed by atoms with Crippen molar-refractivity contribution < 1.29 is 0 Å². The normalized spacial score (nSPS) is 11.9. The molecule has 12 aromatic rings. The smallest absolute Gasteiger partial charge is 0.0549 e. The fraction of sp³-hybridized carbons (Fsp3) is 0. The first-order valence-electron chi connectivity index (χ1n) is 19.6. The minimum atomic E-state index is 1.15. The Morgan fingerprint density at radius 3 is 1.39 bits per heavy atom. The van der Waals surface area contributed by atoms with Crippen LogP contribution in [-0.4, -0.2) is 13.7 Å². The number of aromatic nitrogens is 3. The van der Waals surface area contributed by atoms with E-state index in [0.29, 0.717) is 0 Å². The van der Waals surface area contributed by atoms with E-state index in [2.05, 4.69) is 226 Å². The van der Waals surface area contributed by atoms with Crippen molar-refractivity contribution in [3.05, 3.63) is 212 Å². The van der Waals surface area contributed by atoms with Crippen molar-refractivity contribution in [2.75, 3.05) is 0 Å². The van der Waals surface area contributed by atoms with Gasteiger partial charge in [-0.15, -0.1) is 0 Å². The quantitative estimate of drug-likeness (QED) is 0.168. The largest absolute Gasteiger partial charge is 0.309 e. The van der Waals surface area contributed by atoms with Gasteiger partial charge < -0.3 is 13.7 Å². The molecular weight excluding hydrogens is 691 g/mol. The van der Waals surface area contributed by atoms with Crippen molar-refractivity contribution in [3.8, 4) is 39.3 Å². The van der Waals surface area contributed by atoms with Gasteiger partial charge in [-0.2, -0.15) is 0 Å². The maximum atomic E-state index is 2.48. The Balaban J connectivity index is 1.09. The molecule has 0 aliphatic carbocycles. The number of rotatable bonds is 5. The molecule has 12 rings (SSSR count). The molecule has 0 aliphatic rings. The summed E-state index contributed by atoms with van der Waals surface area (Å²) in [5.41, 5.74) is 15.5. The average Bonchev–Trinajstić information content (AvgIpc) is 3.92. The van der Waals surface area contributed by atoms with Crippen molar-refractivity contribution in [2.45, 2.75) is 0 Å². The summed E-state index contributed by atoms with van der Waals surface area (Å²) >= 11 is 0. The molecular formula is C54H35N3. The number of hydrogen-bond acceptors (Lipinski definition) is 0. The molecule has 3 heteroatoms. The highest BCUT2D eigenvalue weighted by Gasteiger charge is 2.22. The molecule has 266 valence electrons. The monoisotopic (exact) mass is 725 g/mol. The SMILES string of the molecule is c1ccc(-c2ccc(-n3c4ccccc4c4c5c6ccccc6n(-c6ccccc6-c6ccc7c(c6)c6ccccc6n7-c6ccccc6)c5ccc43)cc2)cc1. The van der Waals surface area contributed by atoms with Crippen LogP contribution in [0.4, 0.5) is 0 Å². The van der Waals surface area contributed by atoms with Crippen LogP contribution in [0.25, 0.3) is 105 Å². The maximum Gasteiger partial charge on any atom is 0.0549 e. The minimum absolute atomic E-state index is 1.15. The molecule has 3 heterocycles. The van der Waals surface area contributed by atoms with Crippen LogP contribution in [0.5, 0.6) is 0 Å². The number of hydrogen-bond donors (Lipinski definition) is 0. The molecule has 0 saturated carbocycles. The molecule has 0 atom stereocenters. The molecule has 0 saturated heterocycles. The van der Waals surface area contributed by atoms with Gasteiger partial charge in [-0.05, 0) is 89.5 Å². The van der Waals surface area contributed by atoms with E-state index in [-0.39, 0.29) is 0 Å². The highest BCUT2D eigenvalue weighted by atomic mass is 15.0. The summed E-state index contributed by atoms with van der Waals surface area (Å²) in [5, 5.41) is 7.54. The van der Waals surface area contributed by atoms with E-state index in [1.165, 1.54) is 93.4 Å². The average molecular weight is 726 g/mol. The zero-order valence-electron chi connectivity index (χ0n) is 31.0. The number of fused-ring (bicyclic) bond motifs is 10. The molecule has 0 unspecified atom stereocenters. The third-order valence-electron chi connectivity index (χ3n) is 11.8. The molecule has 0 spiro atoms. The lowest BCUT2D eigenvalue weighted by molar-refractivity contribution is 1.17. The van der Waals surface area contributed by atoms with Crippen LogP contribution in [0, 0.1) is 0 Å². The van der Waals surface area contributed by atoms with E-state index in [9.17, 15) is 0 Å². The Kier molecular flexibility index (Phi) is 6.93. The van der Waals surface area contributed by atoms with Gasteiger partial charge in [0.15, 0.2) is 0 Å². The fourth-order valence-corrected chi connectivity index (χ4v) is 9.40. The van der Waals surface area contributed by atoms with Crippen LogP contribution >= 0.6 is 0 Å². The lowest BCUT2D eigenvalue weighted by Crippen LogP contribution is -1.97. The van der Waals surface area contributed by atoms with Crippen molar-refractivity contribution in [3.63, 3.8) is 0 Å². The van der Waals surface area contributed by atoms with Gasteiger partial charge >= 0.3 is 0 Å². The first kappa shape index (κ1) is 31.7. The van der Waals surface area contributed by atoms with Gasteiger partial charge in [0.1, 0.15) is 0 Å². The summed E-state index contributed by atoms with van der Waals surface area (Å²) in [6, 6.07) is 77.3. The van der Waals surface area contributed by atoms with Crippen molar-refractivity contribution in [1.82, 2.24) is 13.7 Å². The van der Waals surface area contributed by atoms with Crippen LogP contribution in [-0.2, 0) is 0 Å². The van der Waals surface area contributed by atoms with E-state index in [1.807, 2.05) is 0 Å². The molecule has 0 radical (unpaired) electrons. The van der Waals surface area contributed by atoms with Crippen LogP contribution in [0.2, 0.25) is 0 Å². The predicted octanol–water partition coefficient (Wildman–Crippen LogP) is 14.3. The zero-order chi connectivity index (χ0) is 37.5. The molecule has 3 nitrogen and oxygen atoms in total. The van der Waals surface area contributed by atoms with E-state index in [0.717, 1.165) is 11.4 Å². The summed E-state index contributed by atoms with van der Waals surface area (Å²) in [6.07, 6.45) is 0. The second-order valence-corrected chi connectivity index (χ2v) is 14.9. The van der Waals surface area contributed by atoms with E-state index in [4.69, 9.17) is 0 Å². The number of benzene rings is 9. The molecule has 3 aromatic heterocycles. The molecule has 0 N–H and O–H groups in total. The Morgan fingerprint density at radius 1 is 0.246 bits per heavy atom. The topological polar surface area (TPSA) is 14.8 Å². The van der Waals surface area contributed by atoms with Gasteiger partial charge in [-0.1, -0.05) is 140 Å². The lowest BCUT2D eigenvalue weighted by atomic mass is 10.0. The summed E-state index contributed by atoms with van der Waals surface area (Å²) in [7, 11) is 0. The number of nitrogens with zero attached hydrogens (tertiary/aromatic N) is 3. The van der Waals surface area contributed by atoms with Crippen LogP contribution < -0.4 is 0 Å². The van der Waals surface area contributed by atoms with Gasteiger partial charge in [-0.25, -0.2) is 0 Å². The Labute approximate surface area is 329 Å². The second-order valence-electron chi connectivity index (χ2n) is 14.9. The van der Waals surface area contributed by atoms with E-state index >= 15 is 0 Å². The Hall–Kier alpha value is -7.62. The van der Waals surface area contributed by atoms with Gasteiger partial charge in [0, 0.05) is 49.3 Å². The third-order valence-corrected chi connectivity index (χ3v) is 11.8. The fourth-order valence-electron chi connectivity index (χ4n) is 9.40. The summed E-state index contributed by atoms with van der Waals surface area (Å²) in [5.74, 6) is 0. The molecule has 9 aromatic carbocycles. The van der Waals surface area contributed by atoms with E-state index in [1.54, 1.807) is 0 Å². The van der Waals surface area contributed by atoms with Gasteiger partial charge in [-0.3, -0.25) is 0 Å². The standard InChI is InChI=1S/C54H35N3/c1-3-15-36(16-4-1)37-27-30-40(31-28-37)56-48-25-13-9-21-43(48)53-51(56)33-34-52-54(53)44-22-10-14-26-49(44)57(52)46-23-11-7-19-41(46)38-29-32-50-45(35-38)42-20-8-12-24-47(42)55(50)39-17-5-2-6-18-39/h1-35H. The number of para-hydroxylation sites is 5. The molecule has 0 bridgehead atoms. The van der Waals surface area contributed by atoms with Crippen molar-refractivity contribution in [1.29, 1.82) is 0 Å². The van der Waals surface area contributed by atoms with E-state index < -0.39 is 0 Å². The first-order chi connectivity index (χ1) is 28.3. The highest BCUT2D eigenvalue weighted by molar-refractivity contribution is 6.29. The zero-order valence-corrected chi connectivity index (χ0v) is 31.0. The Bertz CT molecular complexity index is 3490. The maximum absolute atomic E-state index is 2.48. The van der Waals surface area contributed by atoms with Gasteiger partial charge in [0.2, 0.25) is 0 Å². The summed E-state index contributed by atoms with van der Waals surface area (Å²) in [6.45, 7) is 0. The van der Waals surface area contributed by atoms with Gasteiger partial charge in [0.05, 0.1) is 38.8 Å². The van der Waals surface area contributed by atoms with Crippen molar-refractivity contribution >= 4 is 65.4 Å². The van der Waals surface area contributed by atoms with Crippen molar-refractivity contribution in [2.24, 2.45) is 0 Å². The minimum Gasteiger partial charge on any atom is -0.309 e. The van der Waals surface area contributed by atoms with Gasteiger partial charge in [0.25, 0.3) is 0 Å².